The van der Waals surface area contributed by atoms with Gasteiger partial charge in [-0.25, -0.2) is 0 Å². The zero-order valence-electron chi connectivity index (χ0n) is 13.5. The number of benzene rings is 1. The number of ether oxygens (including phenoxy) is 2. The summed E-state index contributed by atoms with van der Waals surface area (Å²) >= 11 is 0. The Morgan fingerprint density at radius 1 is 1.43 bits per heavy atom. The molecule has 3 rings (SSSR count). The number of aliphatic hydroxyl groups excluding tert-OH is 2. The molecule has 0 aromatic heterocycles. The van der Waals surface area contributed by atoms with Crippen LogP contribution in [0.3, 0.4) is 0 Å². The van der Waals surface area contributed by atoms with E-state index < -0.39 is 6.10 Å². The average Bonchev–Trinajstić information content (AvgIpc) is 3.06. The molecule has 1 fully saturated rings. The normalized spacial score (nSPS) is 28.7. The van der Waals surface area contributed by atoms with Crippen LogP contribution in [0.5, 0.6) is 5.75 Å². The molecule has 23 heavy (non-hydrogen) atoms. The van der Waals surface area contributed by atoms with Crippen LogP contribution in [0.2, 0.25) is 0 Å². The van der Waals surface area contributed by atoms with Crippen LogP contribution in [0.4, 0.5) is 0 Å². The summed E-state index contributed by atoms with van der Waals surface area (Å²) in [6, 6.07) is 6.11. The second kappa shape index (κ2) is 6.49. The van der Waals surface area contributed by atoms with Crippen molar-refractivity contribution >= 4 is 5.97 Å². The highest BCUT2D eigenvalue weighted by Gasteiger charge is 2.50. The van der Waals surface area contributed by atoms with E-state index in [-0.39, 0.29) is 24.1 Å². The van der Waals surface area contributed by atoms with E-state index in [1.54, 1.807) is 0 Å². The second-order valence-corrected chi connectivity index (χ2v) is 6.72. The van der Waals surface area contributed by atoms with E-state index in [4.69, 9.17) is 4.74 Å². The maximum Gasteiger partial charge on any atom is 0.305 e. The molecule has 1 aromatic rings. The SMILES string of the molecule is COC(=O)CCCc1cccc2c1O[C@]1(C2)C[C@@H](CO)[C@H](O)C1. The van der Waals surface area contributed by atoms with Crippen molar-refractivity contribution in [2.75, 3.05) is 13.7 Å². The number of aryl methyl sites for hydroxylation is 1. The Morgan fingerprint density at radius 2 is 2.26 bits per heavy atom. The van der Waals surface area contributed by atoms with Crippen molar-refractivity contribution in [2.45, 2.75) is 50.2 Å². The zero-order chi connectivity index (χ0) is 16.4. The van der Waals surface area contributed by atoms with Gasteiger partial charge in [0, 0.05) is 31.8 Å². The maximum atomic E-state index is 11.2. The lowest BCUT2D eigenvalue weighted by Gasteiger charge is -2.23. The molecule has 1 aromatic carbocycles. The molecule has 126 valence electrons. The topological polar surface area (TPSA) is 76.0 Å². The Hall–Kier alpha value is -1.59. The van der Waals surface area contributed by atoms with Crippen molar-refractivity contribution in [2.24, 2.45) is 5.92 Å². The minimum atomic E-state index is -0.503. The Balaban J connectivity index is 1.70. The van der Waals surface area contributed by atoms with Gasteiger partial charge in [0.2, 0.25) is 0 Å². The number of esters is 1. The molecule has 1 saturated carbocycles. The predicted octanol–water partition coefficient (Wildman–Crippen LogP) is 1.62. The van der Waals surface area contributed by atoms with E-state index in [0.717, 1.165) is 36.1 Å². The van der Waals surface area contributed by atoms with Gasteiger partial charge >= 0.3 is 5.97 Å². The number of carbonyl (C=O) groups excluding carboxylic acids is 1. The molecule has 5 nitrogen and oxygen atoms in total. The van der Waals surface area contributed by atoms with Gasteiger partial charge in [0.1, 0.15) is 11.4 Å². The Bertz CT molecular complexity index is 585. The largest absolute Gasteiger partial charge is 0.486 e. The number of methoxy groups -OCH3 is 1. The highest BCUT2D eigenvalue weighted by atomic mass is 16.5. The Morgan fingerprint density at radius 3 is 2.96 bits per heavy atom. The summed E-state index contributed by atoms with van der Waals surface area (Å²) in [4.78, 5) is 11.2. The third kappa shape index (κ3) is 3.21. The van der Waals surface area contributed by atoms with Crippen LogP contribution < -0.4 is 4.74 Å². The van der Waals surface area contributed by atoms with Gasteiger partial charge in [-0.15, -0.1) is 0 Å². The van der Waals surface area contributed by atoms with E-state index in [2.05, 4.69) is 10.8 Å². The number of hydrogen-bond acceptors (Lipinski definition) is 5. The number of fused-ring (bicyclic) bond motifs is 1. The van der Waals surface area contributed by atoms with Gasteiger partial charge in [-0.2, -0.15) is 0 Å². The van der Waals surface area contributed by atoms with Crippen molar-refractivity contribution in [1.29, 1.82) is 0 Å². The molecule has 0 saturated heterocycles. The third-order valence-electron chi connectivity index (χ3n) is 5.06. The highest BCUT2D eigenvalue weighted by Crippen LogP contribution is 2.48. The fourth-order valence-corrected chi connectivity index (χ4v) is 3.89. The van der Waals surface area contributed by atoms with Gasteiger partial charge in [0.15, 0.2) is 0 Å². The summed E-state index contributed by atoms with van der Waals surface area (Å²) in [5.41, 5.74) is 1.88. The molecule has 1 aliphatic heterocycles. The lowest BCUT2D eigenvalue weighted by atomic mass is 9.93. The van der Waals surface area contributed by atoms with E-state index in [0.29, 0.717) is 19.3 Å². The molecule has 0 amide bonds. The fourth-order valence-electron chi connectivity index (χ4n) is 3.89. The predicted molar refractivity (Wildman–Crippen MR) is 84.3 cm³/mol. The molecule has 0 unspecified atom stereocenters. The van der Waals surface area contributed by atoms with Gasteiger partial charge in [-0.3, -0.25) is 4.79 Å². The molecule has 5 heteroatoms. The zero-order valence-corrected chi connectivity index (χ0v) is 13.5. The molecule has 0 bridgehead atoms. The summed E-state index contributed by atoms with van der Waals surface area (Å²) in [6.45, 7) is -0.00535. The number of carbonyl (C=O) groups is 1. The fraction of sp³-hybridized carbons (Fsp3) is 0.611. The highest BCUT2D eigenvalue weighted by molar-refractivity contribution is 5.69. The van der Waals surface area contributed by atoms with E-state index in [9.17, 15) is 15.0 Å². The summed E-state index contributed by atoms with van der Waals surface area (Å²) in [7, 11) is 1.40. The molecule has 1 heterocycles. The van der Waals surface area contributed by atoms with Crippen molar-refractivity contribution in [1.82, 2.24) is 0 Å². The number of aliphatic hydroxyl groups is 2. The van der Waals surface area contributed by atoms with Crippen LogP contribution in [0.1, 0.15) is 36.8 Å². The van der Waals surface area contributed by atoms with Gasteiger partial charge < -0.3 is 19.7 Å². The molecule has 1 spiro atoms. The lowest BCUT2D eigenvalue weighted by Crippen LogP contribution is -2.31. The van der Waals surface area contributed by atoms with Crippen LogP contribution in [0, 0.1) is 5.92 Å². The minimum absolute atomic E-state index is 0.00535. The van der Waals surface area contributed by atoms with Crippen LogP contribution in [0.25, 0.3) is 0 Å². The van der Waals surface area contributed by atoms with E-state index >= 15 is 0 Å². The first-order valence-electron chi connectivity index (χ1n) is 8.22. The number of para-hydroxylation sites is 1. The van der Waals surface area contributed by atoms with Crippen molar-refractivity contribution in [3.63, 3.8) is 0 Å². The summed E-state index contributed by atoms with van der Waals surface area (Å²) in [5.74, 6) is 0.606. The monoisotopic (exact) mass is 320 g/mol. The van der Waals surface area contributed by atoms with E-state index in [1.165, 1.54) is 7.11 Å². The van der Waals surface area contributed by atoms with Crippen molar-refractivity contribution in [3.05, 3.63) is 29.3 Å². The summed E-state index contributed by atoms with van der Waals surface area (Å²) < 4.78 is 11.0. The average molecular weight is 320 g/mol. The first-order chi connectivity index (χ1) is 11.1. The minimum Gasteiger partial charge on any atom is -0.486 e. The van der Waals surface area contributed by atoms with Crippen molar-refractivity contribution in [3.8, 4) is 5.75 Å². The first-order valence-corrected chi connectivity index (χ1v) is 8.22. The third-order valence-corrected chi connectivity index (χ3v) is 5.06. The molecule has 2 N–H and O–H groups in total. The molecule has 3 atom stereocenters. The van der Waals surface area contributed by atoms with Gasteiger partial charge in [0.05, 0.1) is 13.2 Å². The number of rotatable bonds is 5. The molecule has 2 aliphatic rings. The molecule has 0 radical (unpaired) electrons. The Kier molecular flexibility index (Phi) is 4.60. The molecular weight excluding hydrogens is 296 g/mol. The van der Waals surface area contributed by atoms with Crippen LogP contribution >= 0.6 is 0 Å². The summed E-state index contributed by atoms with van der Waals surface area (Å²) in [6.07, 6.45) is 3.41. The van der Waals surface area contributed by atoms with E-state index in [1.807, 2.05) is 12.1 Å². The molecule has 1 aliphatic carbocycles. The lowest BCUT2D eigenvalue weighted by molar-refractivity contribution is -0.140. The van der Waals surface area contributed by atoms with Gasteiger partial charge in [0.25, 0.3) is 0 Å². The second-order valence-electron chi connectivity index (χ2n) is 6.72. The quantitative estimate of drug-likeness (QED) is 0.806. The standard InChI is InChI=1S/C18H24O5/c1-22-16(21)7-3-5-12-4-2-6-13-8-18(23-17(12)13)9-14(11-19)15(20)10-18/h2,4,6,14-15,19-20H,3,5,7-11H2,1H3/t14-,15+,18+/m0/s1. The van der Waals surface area contributed by atoms with Gasteiger partial charge in [-0.1, -0.05) is 18.2 Å². The van der Waals surface area contributed by atoms with Crippen LogP contribution in [-0.4, -0.2) is 41.6 Å². The molecular formula is C18H24O5. The van der Waals surface area contributed by atoms with Crippen LogP contribution in [0.15, 0.2) is 18.2 Å². The summed E-state index contributed by atoms with van der Waals surface area (Å²) in [5, 5.41) is 19.5. The Labute approximate surface area is 136 Å². The van der Waals surface area contributed by atoms with Gasteiger partial charge in [-0.05, 0) is 30.4 Å². The van der Waals surface area contributed by atoms with Crippen LogP contribution in [-0.2, 0) is 22.4 Å². The smallest absolute Gasteiger partial charge is 0.305 e. The first kappa shape index (κ1) is 16.3. The number of hydrogen-bond donors (Lipinski definition) is 2. The van der Waals surface area contributed by atoms with Crippen molar-refractivity contribution < 1.29 is 24.5 Å². The maximum absolute atomic E-state index is 11.2.